The number of benzene rings is 1. The normalized spacial score (nSPS) is 11.4. The zero-order valence-electron chi connectivity index (χ0n) is 11.9. The molecule has 0 atom stereocenters. The molecule has 1 rings (SSSR count). The maximum atomic E-state index is 11.6. The molecule has 0 saturated carbocycles. The molecule has 0 bridgehead atoms. The highest BCUT2D eigenvalue weighted by atomic mass is 32.2. The summed E-state index contributed by atoms with van der Waals surface area (Å²) in [7, 11) is -0.346. The zero-order valence-corrected chi connectivity index (χ0v) is 12.7. The maximum Gasteiger partial charge on any atom is 0.235 e. The summed E-state index contributed by atoms with van der Waals surface area (Å²) in [6.45, 7) is 0.296. The fourth-order valence-corrected chi connectivity index (χ4v) is 1.87. The molecule has 0 aliphatic rings. The molecule has 1 aromatic rings. The summed E-state index contributed by atoms with van der Waals surface area (Å²) in [4.78, 5) is 11.6. The van der Waals surface area contributed by atoms with Crippen LogP contribution in [0.4, 0.5) is 0 Å². The lowest BCUT2D eigenvalue weighted by molar-refractivity contribution is -0.121. The lowest BCUT2D eigenvalue weighted by atomic mass is 10.1. The lowest BCUT2D eigenvalue weighted by Crippen LogP contribution is -2.38. The topological polar surface area (TPSA) is 75.7 Å². The molecule has 0 heterocycles. The summed E-state index contributed by atoms with van der Waals surface area (Å²) >= 11 is 0. The van der Waals surface area contributed by atoms with E-state index in [4.69, 9.17) is 4.74 Å². The van der Waals surface area contributed by atoms with E-state index in [0.717, 1.165) is 21.9 Å². The Morgan fingerprint density at radius 2 is 1.90 bits per heavy atom. The molecule has 20 heavy (non-hydrogen) atoms. The quantitative estimate of drug-likeness (QED) is 0.783. The number of hydrogen-bond donors (Lipinski definition) is 1. The Morgan fingerprint density at radius 3 is 2.40 bits per heavy atom. The van der Waals surface area contributed by atoms with Gasteiger partial charge in [0.15, 0.2) is 0 Å². The maximum absolute atomic E-state index is 11.6. The third-order valence-electron chi connectivity index (χ3n) is 2.83. The smallest absolute Gasteiger partial charge is 0.235 e. The highest BCUT2D eigenvalue weighted by Gasteiger charge is 2.14. The van der Waals surface area contributed by atoms with Gasteiger partial charge >= 0.3 is 0 Å². The lowest BCUT2D eigenvalue weighted by Gasteiger charge is -2.13. The minimum absolute atomic E-state index is 0.165. The minimum atomic E-state index is -3.32. The van der Waals surface area contributed by atoms with Crippen LogP contribution in [0.3, 0.4) is 0 Å². The molecule has 1 N–H and O–H groups in total. The molecule has 112 valence electrons. The first-order valence-electron chi connectivity index (χ1n) is 6.14. The van der Waals surface area contributed by atoms with Gasteiger partial charge in [0.25, 0.3) is 0 Å². The van der Waals surface area contributed by atoms with Crippen LogP contribution >= 0.6 is 0 Å². The van der Waals surface area contributed by atoms with Crippen molar-refractivity contribution in [2.45, 2.75) is 6.42 Å². The van der Waals surface area contributed by atoms with Gasteiger partial charge < -0.3 is 10.1 Å². The second-order valence-electron chi connectivity index (χ2n) is 4.47. The van der Waals surface area contributed by atoms with Crippen LogP contribution in [0.15, 0.2) is 24.3 Å². The molecular formula is C13H20N2O4S. The molecule has 6 nitrogen and oxygen atoms in total. The SMILES string of the molecule is COc1ccc(CCNC(=O)CN(C)S(C)(=O)=O)cc1. The van der Waals surface area contributed by atoms with Crippen molar-refractivity contribution >= 4 is 15.9 Å². The van der Waals surface area contributed by atoms with E-state index in [2.05, 4.69) is 5.32 Å². The number of nitrogens with one attached hydrogen (secondary N) is 1. The van der Waals surface area contributed by atoms with E-state index in [9.17, 15) is 13.2 Å². The van der Waals surface area contributed by atoms with E-state index in [1.165, 1.54) is 7.05 Å². The van der Waals surface area contributed by atoms with Crippen LogP contribution < -0.4 is 10.1 Å². The highest BCUT2D eigenvalue weighted by molar-refractivity contribution is 7.88. The van der Waals surface area contributed by atoms with Gasteiger partial charge in [0, 0.05) is 13.6 Å². The number of sulfonamides is 1. The summed E-state index contributed by atoms with van der Waals surface area (Å²) in [6, 6.07) is 7.56. The predicted molar refractivity (Wildman–Crippen MR) is 77.2 cm³/mol. The van der Waals surface area contributed by atoms with Gasteiger partial charge in [0.2, 0.25) is 15.9 Å². The minimum Gasteiger partial charge on any atom is -0.497 e. The number of carbonyl (C=O) groups is 1. The van der Waals surface area contributed by atoms with Crippen molar-refractivity contribution in [3.63, 3.8) is 0 Å². The highest BCUT2D eigenvalue weighted by Crippen LogP contribution is 2.11. The first kappa shape index (κ1) is 16.5. The Morgan fingerprint density at radius 1 is 1.30 bits per heavy atom. The van der Waals surface area contributed by atoms with Gasteiger partial charge in [0.05, 0.1) is 19.9 Å². The second-order valence-corrected chi connectivity index (χ2v) is 6.56. The monoisotopic (exact) mass is 300 g/mol. The largest absolute Gasteiger partial charge is 0.497 e. The first-order chi connectivity index (χ1) is 9.32. The fraction of sp³-hybridized carbons (Fsp3) is 0.462. The number of rotatable bonds is 7. The van der Waals surface area contributed by atoms with Crippen LogP contribution in [0.25, 0.3) is 0 Å². The average Bonchev–Trinajstić information content (AvgIpc) is 2.38. The Hall–Kier alpha value is -1.60. The zero-order chi connectivity index (χ0) is 15.2. The molecule has 0 aliphatic heterocycles. The molecule has 0 radical (unpaired) electrons. The van der Waals surface area contributed by atoms with E-state index in [-0.39, 0.29) is 12.5 Å². The Bertz CT molecular complexity index is 540. The summed E-state index contributed by atoms with van der Waals surface area (Å²) in [5.41, 5.74) is 1.07. The number of likely N-dealkylation sites (N-methyl/N-ethyl adjacent to an activating group) is 1. The number of carbonyl (C=O) groups excluding carboxylic acids is 1. The van der Waals surface area contributed by atoms with Crippen molar-refractivity contribution in [1.82, 2.24) is 9.62 Å². The summed E-state index contributed by atoms with van der Waals surface area (Å²) in [5, 5.41) is 2.69. The number of hydrogen-bond acceptors (Lipinski definition) is 4. The second kappa shape index (κ2) is 7.25. The standard InChI is InChI=1S/C13H20N2O4S/c1-15(20(3,17)18)10-13(16)14-9-8-11-4-6-12(19-2)7-5-11/h4-7H,8-10H2,1-3H3,(H,14,16). The van der Waals surface area contributed by atoms with Crippen molar-refractivity contribution in [2.24, 2.45) is 0 Å². The van der Waals surface area contributed by atoms with E-state index in [0.29, 0.717) is 13.0 Å². The average molecular weight is 300 g/mol. The molecule has 1 amide bonds. The Kier molecular flexibility index (Phi) is 5.97. The van der Waals surface area contributed by atoms with Gasteiger partial charge in [-0.25, -0.2) is 8.42 Å². The van der Waals surface area contributed by atoms with Gasteiger partial charge in [-0.2, -0.15) is 4.31 Å². The number of nitrogens with zero attached hydrogens (tertiary/aromatic N) is 1. The number of methoxy groups -OCH3 is 1. The van der Waals surface area contributed by atoms with Crippen molar-refractivity contribution in [1.29, 1.82) is 0 Å². The molecule has 7 heteroatoms. The summed E-state index contributed by atoms with van der Waals surface area (Å²) in [5.74, 6) is 0.471. The fourth-order valence-electron chi connectivity index (χ4n) is 1.51. The number of ether oxygens (including phenoxy) is 1. The molecule has 0 aliphatic carbocycles. The van der Waals surface area contributed by atoms with E-state index < -0.39 is 10.0 Å². The molecule has 1 aromatic carbocycles. The van der Waals surface area contributed by atoms with Crippen molar-refractivity contribution in [3.8, 4) is 5.75 Å². The molecule has 0 aromatic heterocycles. The third kappa shape index (κ3) is 5.58. The Balaban J connectivity index is 2.34. The third-order valence-corrected chi connectivity index (χ3v) is 4.09. The molecule has 0 spiro atoms. The van der Waals surface area contributed by atoms with Crippen molar-refractivity contribution in [3.05, 3.63) is 29.8 Å². The Labute approximate surface area is 119 Å². The van der Waals surface area contributed by atoms with Crippen LogP contribution in [-0.2, 0) is 21.2 Å². The van der Waals surface area contributed by atoms with Crippen LogP contribution in [-0.4, -0.2) is 52.1 Å². The summed E-state index contributed by atoms with van der Waals surface area (Å²) in [6.07, 6.45) is 1.75. The van der Waals surface area contributed by atoms with Crippen LogP contribution in [0.5, 0.6) is 5.75 Å². The molecular weight excluding hydrogens is 280 g/mol. The first-order valence-corrected chi connectivity index (χ1v) is 7.98. The van der Waals surface area contributed by atoms with Gasteiger partial charge in [-0.05, 0) is 24.1 Å². The predicted octanol–water partition coefficient (Wildman–Crippen LogP) is 0.245. The van der Waals surface area contributed by atoms with Gasteiger partial charge in [0.1, 0.15) is 5.75 Å². The van der Waals surface area contributed by atoms with Crippen LogP contribution in [0.2, 0.25) is 0 Å². The molecule has 0 unspecified atom stereocenters. The van der Waals surface area contributed by atoms with Crippen LogP contribution in [0, 0.1) is 0 Å². The summed E-state index contributed by atoms with van der Waals surface area (Å²) < 4.78 is 28.4. The van der Waals surface area contributed by atoms with Gasteiger partial charge in [-0.3, -0.25) is 4.79 Å². The molecule has 0 saturated heterocycles. The number of amides is 1. The van der Waals surface area contributed by atoms with Crippen molar-refractivity contribution < 1.29 is 17.9 Å². The molecule has 0 fully saturated rings. The van der Waals surface area contributed by atoms with Gasteiger partial charge in [-0.15, -0.1) is 0 Å². The van der Waals surface area contributed by atoms with E-state index in [1.807, 2.05) is 24.3 Å². The van der Waals surface area contributed by atoms with Crippen molar-refractivity contribution in [2.75, 3.05) is 33.5 Å². The van der Waals surface area contributed by atoms with E-state index in [1.54, 1.807) is 7.11 Å². The van der Waals surface area contributed by atoms with E-state index >= 15 is 0 Å². The van der Waals surface area contributed by atoms with Crippen LogP contribution in [0.1, 0.15) is 5.56 Å². The van der Waals surface area contributed by atoms with Gasteiger partial charge in [-0.1, -0.05) is 12.1 Å².